The summed E-state index contributed by atoms with van der Waals surface area (Å²) < 4.78 is 41.5. The molecule has 138 valence electrons. The molecule has 1 aromatic heterocycles. The second-order valence-electron chi connectivity index (χ2n) is 6.35. The summed E-state index contributed by atoms with van der Waals surface area (Å²) in [4.78, 5) is 18.0. The Morgan fingerprint density at radius 2 is 1.96 bits per heavy atom. The van der Waals surface area contributed by atoms with Crippen LogP contribution in [0.2, 0.25) is 5.15 Å². The molecule has 1 aliphatic heterocycles. The van der Waals surface area contributed by atoms with Crippen LogP contribution in [-0.4, -0.2) is 35.1 Å². The van der Waals surface area contributed by atoms with Crippen molar-refractivity contribution in [2.75, 3.05) is 18.4 Å². The fourth-order valence-corrected chi connectivity index (χ4v) is 3.22. The Labute approximate surface area is 154 Å². The molecule has 1 aromatic carbocycles. The highest BCUT2D eigenvalue weighted by Gasteiger charge is 2.62. The number of anilines is 1. The molecule has 1 saturated heterocycles. The average molecular weight is 384 g/mol. The molecule has 1 aliphatic rings. The summed E-state index contributed by atoms with van der Waals surface area (Å²) in [5, 5.41) is 2.53. The fraction of sp³-hybridized carbons (Fsp3) is 0.333. The number of carbonyl (C=O) groups is 1. The van der Waals surface area contributed by atoms with Gasteiger partial charge in [0, 0.05) is 13.1 Å². The largest absolute Gasteiger partial charge is 0.404 e. The van der Waals surface area contributed by atoms with Crippen LogP contribution >= 0.6 is 11.6 Å². The summed E-state index contributed by atoms with van der Waals surface area (Å²) in [7, 11) is 0. The normalized spacial score (nSPS) is 20.9. The maximum absolute atomic E-state index is 13.8. The van der Waals surface area contributed by atoms with Crippen LogP contribution in [0.4, 0.5) is 18.9 Å². The number of hydrogen-bond donors (Lipinski definition) is 1. The number of nitrogens with one attached hydrogen (secondary N) is 1. The molecule has 0 saturated carbocycles. The van der Waals surface area contributed by atoms with Crippen LogP contribution < -0.4 is 5.32 Å². The Bertz CT molecular complexity index is 768. The molecule has 8 heteroatoms. The number of nitrogens with zero attached hydrogens (tertiary/aromatic N) is 2. The van der Waals surface area contributed by atoms with E-state index in [0.29, 0.717) is 6.54 Å². The summed E-state index contributed by atoms with van der Waals surface area (Å²) in [6, 6.07) is 12.1. The van der Waals surface area contributed by atoms with E-state index in [1.807, 2.05) is 30.3 Å². The van der Waals surface area contributed by atoms with Crippen molar-refractivity contribution in [1.82, 2.24) is 9.88 Å². The minimum atomic E-state index is -4.65. The second kappa shape index (κ2) is 7.25. The highest BCUT2D eigenvalue weighted by Crippen LogP contribution is 2.46. The van der Waals surface area contributed by atoms with Crippen molar-refractivity contribution in [2.24, 2.45) is 5.41 Å². The molecule has 1 atom stereocenters. The number of carbonyl (C=O) groups excluding carboxylic acids is 1. The number of amides is 1. The van der Waals surface area contributed by atoms with Gasteiger partial charge in [0.15, 0.2) is 5.41 Å². The van der Waals surface area contributed by atoms with Gasteiger partial charge < -0.3 is 5.32 Å². The van der Waals surface area contributed by atoms with E-state index in [0.717, 1.165) is 5.56 Å². The molecule has 2 heterocycles. The summed E-state index contributed by atoms with van der Waals surface area (Å²) in [6.45, 7) is 0.188. The summed E-state index contributed by atoms with van der Waals surface area (Å²) in [5.74, 6) is -1.07. The third-order valence-electron chi connectivity index (χ3n) is 4.56. The lowest BCUT2D eigenvalue weighted by molar-refractivity contribution is -0.215. The Morgan fingerprint density at radius 1 is 1.23 bits per heavy atom. The highest BCUT2D eigenvalue weighted by atomic mass is 35.5. The predicted molar refractivity (Wildman–Crippen MR) is 92.7 cm³/mol. The topological polar surface area (TPSA) is 45.2 Å². The van der Waals surface area contributed by atoms with Gasteiger partial charge in [0.1, 0.15) is 5.15 Å². The molecular weight excluding hydrogens is 367 g/mol. The van der Waals surface area contributed by atoms with Crippen LogP contribution in [-0.2, 0) is 11.3 Å². The van der Waals surface area contributed by atoms with Gasteiger partial charge in [-0.15, -0.1) is 0 Å². The molecule has 0 bridgehead atoms. The third kappa shape index (κ3) is 3.83. The summed E-state index contributed by atoms with van der Waals surface area (Å²) >= 11 is 5.66. The van der Waals surface area contributed by atoms with Crippen LogP contribution in [0, 0.1) is 5.41 Å². The minimum absolute atomic E-state index is 0.185. The maximum Gasteiger partial charge on any atom is 0.404 e. The molecule has 3 rings (SSSR count). The molecule has 4 nitrogen and oxygen atoms in total. The lowest BCUT2D eigenvalue weighted by atomic mass is 9.85. The molecule has 1 amide bonds. The lowest BCUT2D eigenvalue weighted by Gasteiger charge is -2.30. The van der Waals surface area contributed by atoms with Crippen molar-refractivity contribution >= 4 is 23.2 Å². The number of likely N-dealkylation sites (tertiary alicyclic amines) is 1. The van der Waals surface area contributed by atoms with Gasteiger partial charge in [-0.05, 0) is 30.7 Å². The van der Waals surface area contributed by atoms with E-state index < -0.39 is 17.5 Å². The monoisotopic (exact) mass is 383 g/mol. The Balaban J connectivity index is 1.77. The molecule has 1 fully saturated rings. The van der Waals surface area contributed by atoms with Crippen LogP contribution in [0.1, 0.15) is 12.0 Å². The molecule has 0 radical (unpaired) electrons. The Kier molecular flexibility index (Phi) is 5.20. The van der Waals surface area contributed by atoms with Crippen LogP contribution in [0.3, 0.4) is 0 Å². The van der Waals surface area contributed by atoms with E-state index in [4.69, 9.17) is 11.6 Å². The van der Waals surface area contributed by atoms with Gasteiger partial charge in [-0.2, -0.15) is 13.2 Å². The molecule has 1 N–H and O–H groups in total. The van der Waals surface area contributed by atoms with Crippen molar-refractivity contribution in [2.45, 2.75) is 19.1 Å². The number of pyridine rings is 1. The van der Waals surface area contributed by atoms with E-state index in [1.165, 1.54) is 18.3 Å². The van der Waals surface area contributed by atoms with Crippen molar-refractivity contribution in [1.29, 1.82) is 0 Å². The van der Waals surface area contributed by atoms with E-state index in [-0.39, 0.29) is 30.4 Å². The van der Waals surface area contributed by atoms with E-state index in [1.54, 1.807) is 4.90 Å². The van der Waals surface area contributed by atoms with Crippen molar-refractivity contribution in [3.8, 4) is 0 Å². The van der Waals surface area contributed by atoms with Crippen LogP contribution in [0.15, 0.2) is 48.7 Å². The van der Waals surface area contributed by atoms with Crippen molar-refractivity contribution in [3.63, 3.8) is 0 Å². The number of aromatic nitrogens is 1. The van der Waals surface area contributed by atoms with Gasteiger partial charge >= 0.3 is 6.18 Å². The van der Waals surface area contributed by atoms with Gasteiger partial charge in [-0.25, -0.2) is 4.98 Å². The quantitative estimate of drug-likeness (QED) is 0.807. The first kappa shape index (κ1) is 18.7. The molecule has 0 aliphatic carbocycles. The molecule has 2 aromatic rings. The van der Waals surface area contributed by atoms with Crippen LogP contribution in [0.5, 0.6) is 0 Å². The smallest absolute Gasteiger partial charge is 0.324 e. The molecule has 26 heavy (non-hydrogen) atoms. The fourth-order valence-electron chi connectivity index (χ4n) is 3.11. The maximum atomic E-state index is 13.8. The number of alkyl halides is 3. The van der Waals surface area contributed by atoms with Gasteiger partial charge in [-0.1, -0.05) is 41.9 Å². The summed E-state index contributed by atoms with van der Waals surface area (Å²) in [5.41, 5.74) is -1.35. The number of rotatable bonds is 4. The molecule has 1 unspecified atom stereocenters. The van der Waals surface area contributed by atoms with E-state index in [2.05, 4.69) is 10.3 Å². The SMILES string of the molecule is O=C(Nc1ccc(Cl)nc1)C1(C(F)(F)F)CCN(Cc2ccccc2)C1. The summed E-state index contributed by atoms with van der Waals surface area (Å²) in [6.07, 6.45) is -3.69. The van der Waals surface area contributed by atoms with Crippen molar-refractivity contribution < 1.29 is 18.0 Å². The zero-order chi connectivity index (χ0) is 18.8. The third-order valence-corrected chi connectivity index (χ3v) is 4.78. The van der Waals surface area contributed by atoms with Gasteiger partial charge in [0.05, 0.1) is 11.9 Å². The second-order valence-corrected chi connectivity index (χ2v) is 6.74. The standard InChI is InChI=1S/C18H17ClF3N3O/c19-15-7-6-14(10-23-15)24-16(26)17(18(20,21)22)8-9-25(12-17)11-13-4-2-1-3-5-13/h1-7,10H,8-9,11-12H2,(H,24,26). The van der Waals surface area contributed by atoms with Crippen LogP contribution in [0.25, 0.3) is 0 Å². The number of hydrogen-bond acceptors (Lipinski definition) is 3. The van der Waals surface area contributed by atoms with Crippen molar-refractivity contribution in [3.05, 3.63) is 59.4 Å². The average Bonchev–Trinajstić information content (AvgIpc) is 3.03. The first-order chi connectivity index (χ1) is 12.3. The van der Waals surface area contributed by atoms with E-state index in [9.17, 15) is 18.0 Å². The number of halogens is 4. The van der Waals surface area contributed by atoms with Gasteiger partial charge in [-0.3, -0.25) is 9.69 Å². The highest BCUT2D eigenvalue weighted by molar-refractivity contribution is 6.29. The molecule has 0 spiro atoms. The van der Waals surface area contributed by atoms with Gasteiger partial charge in [0.25, 0.3) is 0 Å². The Morgan fingerprint density at radius 3 is 2.58 bits per heavy atom. The first-order valence-corrected chi connectivity index (χ1v) is 8.44. The zero-order valence-corrected chi connectivity index (χ0v) is 14.5. The van der Waals surface area contributed by atoms with Gasteiger partial charge in [0.2, 0.25) is 5.91 Å². The van der Waals surface area contributed by atoms with E-state index >= 15 is 0 Å². The zero-order valence-electron chi connectivity index (χ0n) is 13.8. The first-order valence-electron chi connectivity index (χ1n) is 8.06. The Hall–Kier alpha value is -2.12. The minimum Gasteiger partial charge on any atom is -0.324 e. The predicted octanol–water partition coefficient (Wildman–Crippen LogP) is 4.13. The number of benzene rings is 1. The lowest BCUT2D eigenvalue weighted by Crippen LogP contribution is -2.49. The molecular formula is C18H17ClF3N3O.